The molecular weight excluding hydrogens is 290 g/mol. The number of benzene rings is 1. The van der Waals surface area contributed by atoms with Crippen molar-refractivity contribution >= 4 is 17.4 Å². The van der Waals surface area contributed by atoms with E-state index in [-0.39, 0.29) is 10.7 Å². The first-order chi connectivity index (χ1) is 8.79. The molecule has 0 radical (unpaired) electrons. The smallest absolute Gasteiger partial charge is 0.282 e. The molecule has 0 saturated heterocycles. The fourth-order valence-corrected chi connectivity index (χ4v) is 1.44. The van der Waals surface area contributed by atoms with Crippen molar-refractivity contribution in [2.75, 3.05) is 0 Å². The van der Waals surface area contributed by atoms with Gasteiger partial charge < -0.3 is 0 Å². The van der Waals surface area contributed by atoms with Gasteiger partial charge in [0.2, 0.25) is 0 Å². The van der Waals surface area contributed by atoms with Crippen LogP contribution in [-0.4, -0.2) is 27.0 Å². The Morgan fingerprint density at radius 3 is 2.58 bits per heavy atom. The molecule has 0 spiro atoms. The van der Waals surface area contributed by atoms with Crippen LogP contribution < -0.4 is 0 Å². The van der Waals surface area contributed by atoms with E-state index >= 15 is 0 Å². The van der Waals surface area contributed by atoms with Gasteiger partial charge in [-0.15, -0.1) is 5.10 Å². The molecular formula is C10H4ClF4N3O. The van der Waals surface area contributed by atoms with Gasteiger partial charge in [-0.05, 0) is 18.2 Å². The summed E-state index contributed by atoms with van der Waals surface area (Å²) in [5.74, 6) is -2.79. The molecule has 0 aliphatic carbocycles. The monoisotopic (exact) mass is 293 g/mol. The van der Waals surface area contributed by atoms with E-state index in [4.69, 9.17) is 11.6 Å². The third kappa shape index (κ3) is 2.73. The number of rotatable bonds is 2. The number of alkyl halides is 3. The van der Waals surface area contributed by atoms with Crippen molar-refractivity contribution < 1.29 is 22.4 Å². The van der Waals surface area contributed by atoms with Crippen molar-refractivity contribution in [3.05, 3.63) is 40.9 Å². The molecule has 2 rings (SSSR count). The second-order valence-corrected chi connectivity index (χ2v) is 3.88. The summed E-state index contributed by atoms with van der Waals surface area (Å²) in [6.07, 6.45) is -4.24. The van der Waals surface area contributed by atoms with Gasteiger partial charge >= 0.3 is 6.18 Å². The van der Waals surface area contributed by atoms with E-state index < -0.39 is 23.5 Å². The van der Waals surface area contributed by atoms with E-state index in [1.54, 1.807) is 0 Å². The Kier molecular flexibility index (Phi) is 3.27. The fourth-order valence-electron chi connectivity index (χ4n) is 1.27. The molecule has 9 heteroatoms. The quantitative estimate of drug-likeness (QED) is 0.632. The number of carbonyl (C=O) groups excluding carboxylic acids is 1. The zero-order chi connectivity index (χ0) is 14.2. The molecule has 0 saturated carbocycles. The van der Waals surface area contributed by atoms with Crippen LogP contribution in [0.1, 0.15) is 10.5 Å². The number of hydrogen-bond acceptors (Lipinski definition) is 3. The predicted molar refractivity (Wildman–Crippen MR) is 56.7 cm³/mol. The van der Waals surface area contributed by atoms with Crippen molar-refractivity contribution in [1.29, 1.82) is 0 Å². The molecule has 2 aromatic rings. The van der Waals surface area contributed by atoms with Gasteiger partial charge in [0.25, 0.3) is 5.78 Å². The summed E-state index contributed by atoms with van der Waals surface area (Å²) < 4.78 is 50.3. The Morgan fingerprint density at radius 1 is 1.32 bits per heavy atom. The number of Topliss-reactive ketones (excluding diaryl/α,β-unsaturated/α-hetero) is 1. The Labute approximate surface area is 108 Å². The van der Waals surface area contributed by atoms with Crippen LogP contribution >= 0.6 is 11.6 Å². The molecule has 0 atom stereocenters. The first kappa shape index (κ1) is 13.5. The van der Waals surface area contributed by atoms with Gasteiger partial charge in [0, 0.05) is 0 Å². The summed E-state index contributed by atoms with van der Waals surface area (Å²) >= 11 is 5.52. The first-order valence-corrected chi connectivity index (χ1v) is 5.16. The van der Waals surface area contributed by atoms with Gasteiger partial charge in [-0.1, -0.05) is 16.8 Å². The molecule has 0 aliphatic heterocycles. The number of carbonyl (C=O) groups is 1. The molecule has 100 valence electrons. The summed E-state index contributed by atoms with van der Waals surface area (Å²) in [7, 11) is 0. The maximum atomic E-state index is 12.9. The van der Waals surface area contributed by atoms with E-state index in [2.05, 4.69) is 10.3 Å². The van der Waals surface area contributed by atoms with Crippen molar-refractivity contribution in [3.63, 3.8) is 0 Å². The average molecular weight is 294 g/mol. The summed E-state index contributed by atoms with van der Waals surface area (Å²) in [5.41, 5.74) is -0.673. The van der Waals surface area contributed by atoms with Crippen LogP contribution in [0.15, 0.2) is 24.4 Å². The van der Waals surface area contributed by atoms with Crippen LogP contribution in [0.25, 0.3) is 5.69 Å². The molecule has 0 unspecified atom stereocenters. The highest BCUT2D eigenvalue weighted by molar-refractivity contribution is 6.30. The van der Waals surface area contributed by atoms with Crippen LogP contribution in [0.2, 0.25) is 5.02 Å². The second kappa shape index (κ2) is 4.61. The number of ketones is 1. The average Bonchev–Trinajstić information content (AvgIpc) is 2.79. The van der Waals surface area contributed by atoms with Crippen molar-refractivity contribution in [1.82, 2.24) is 15.0 Å². The molecule has 1 aromatic carbocycles. The molecule has 0 aliphatic rings. The Balaban J connectivity index is 2.36. The number of nitrogens with zero attached hydrogens (tertiary/aromatic N) is 3. The molecule has 0 bridgehead atoms. The first-order valence-electron chi connectivity index (χ1n) is 4.78. The third-order valence-electron chi connectivity index (χ3n) is 2.15. The highest BCUT2D eigenvalue weighted by Gasteiger charge is 2.41. The van der Waals surface area contributed by atoms with Gasteiger partial charge in [-0.25, -0.2) is 9.07 Å². The lowest BCUT2D eigenvalue weighted by atomic mass is 10.3. The van der Waals surface area contributed by atoms with Crippen LogP contribution in [-0.2, 0) is 0 Å². The highest BCUT2D eigenvalue weighted by Crippen LogP contribution is 2.22. The van der Waals surface area contributed by atoms with E-state index in [0.717, 1.165) is 23.0 Å². The van der Waals surface area contributed by atoms with E-state index in [1.165, 1.54) is 6.07 Å². The fraction of sp³-hybridized carbons (Fsp3) is 0.100. The minimum Gasteiger partial charge on any atom is -0.282 e. The summed E-state index contributed by atoms with van der Waals surface area (Å²) in [6.45, 7) is 0. The lowest BCUT2D eigenvalue weighted by Crippen LogP contribution is -2.23. The van der Waals surface area contributed by atoms with Gasteiger partial charge in [0.1, 0.15) is 5.82 Å². The van der Waals surface area contributed by atoms with Gasteiger partial charge in [0.05, 0.1) is 16.9 Å². The summed E-state index contributed by atoms with van der Waals surface area (Å²) in [4.78, 5) is 10.9. The lowest BCUT2D eigenvalue weighted by Gasteiger charge is -2.01. The third-order valence-corrected chi connectivity index (χ3v) is 2.44. The van der Waals surface area contributed by atoms with Crippen LogP contribution in [0.5, 0.6) is 0 Å². The van der Waals surface area contributed by atoms with Crippen LogP contribution in [0.4, 0.5) is 17.6 Å². The molecule has 1 aromatic heterocycles. The molecule has 0 amide bonds. The second-order valence-electron chi connectivity index (χ2n) is 3.47. The lowest BCUT2D eigenvalue weighted by molar-refractivity contribution is -0.0888. The van der Waals surface area contributed by atoms with Gasteiger partial charge in [-0.2, -0.15) is 13.2 Å². The Hall–Kier alpha value is -1.96. The van der Waals surface area contributed by atoms with Gasteiger partial charge in [0.15, 0.2) is 5.69 Å². The molecule has 1 heterocycles. The van der Waals surface area contributed by atoms with Gasteiger partial charge in [-0.3, -0.25) is 4.79 Å². The minimum atomic E-state index is -5.03. The van der Waals surface area contributed by atoms with E-state index in [1.807, 2.05) is 0 Å². The zero-order valence-corrected chi connectivity index (χ0v) is 9.71. The molecule has 0 N–H and O–H groups in total. The Morgan fingerprint density at radius 2 is 2.00 bits per heavy atom. The van der Waals surface area contributed by atoms with Crippen molar-refractivity contribution in [3.8, 4) is 5.69 Å². The maximum Gasteiger partial charge on any atom is 0.456 e. The minimum absolute atomic E-state index is 0.181. The zero-order valence-electron chi connectivity index (χ0n) is 8.95. The van der Waals surface area contributed by atoms with Crippen LogP contribution in [0, 0.1) is 5.82 Å². The van der Waals surface area contributed by atoms with E-state index in [0.29, 0.717) is 0 Å². The SMILES string of the molecule is O=C(c1cn(-c2ccc(F)c(Cl)c2)nn1)C(F)(F)F. The van der Waals surface area contributed by atoms with Crippen molar-refractivity contribution in [2.24, 2.45) is 0 Å². The Bertz CT molecular complexity index is 638. The molecule has 0 fully saturated rings. The highest BCUT2D eigenvalue weighted by atomic mass is 35.5. The summed E-state index contributed by atoms with van der Waals surface area (Å²) in [6, 6.07) is 3.40. The number of hydrogen-bond donors (Lipinski definition) is 0. The number of aromatic nitrogens is 3. The summed E-state index contributed by atoms with van der Waals surface area (Å²) in [5, 5.41) is 6.25. The maximum absolute atomic E-state index is 12.9. The van der Waals surface area contributed by atoms with E-state index in [9.17, 15) is 22.4 Å². The predicted octanol–water partition coefficient (Wildman–Crippen LogP) is 2.80. The molecule has 4 nitrogen and oxygen atoms in total. The molecule has 19 heavy (non-hydrogen) atoms. The largest absolute Gasteiger partial charge is 0.456 e. The topological polar surface area (TPSA) is 47.8 Å². The number of halogens is 5. The van der Waals surface area contributed by atoms with Crippen molar-refractivity contribution in [2.45, 2.75) is 6.18 Å². The van der Waals surface area contributed by atoms with Crippen LogP contribution in [0.3, 0.4) is 0 Å². The standard InChI is InChI=1S/C10H4ClF4N3O/c11-6-3-5(1-2-7(6)12)18-4-8(16-17-18)9(19)10(13,14)15/h1-4H. The normalized spacial score (nSPS) is 11.6.